The Morgan fingerprint density at radius 2 is 1.06 bits per heavy atom. The van der Waals surface area contributed by atoms with Crippen LogP contribution in [0, 0.1) is 0 Å². The van der Waals surface area contributed by atoms with E-state index < -0.39 is 11.2 Å². The summed E-state index contributed by atoms with van der Waals surface area (Å²) in [6.45, 7) is 7.38. The van der Waals surface area contributed by atoms with Gasteiger partial charge in [0.05, 0.1) is 11.2 Å². The first-order valence-electron chi connectivity index (χ1n) is 12.1. The summed E-state index contributed by atoms with van der Waals surface area (Å²) in [5, 5.41) is 15.2. The first-order valence-corrected chi connectivity index (χ1v) is 12.1. The summed E-state index contributed by atoms with van der Waals surface area (Å²) in [6, 6.07) is 36.3. The van der Waals surface area contributed by atoms with Crippen molar-refractivity contribution in [2.24, 2.45) is 0 Å². The largest absolute Gasteiger partial charge is 0.427 e. The highest BCUT2D eigenvalue weighted by Crippen LogP contribution is 2.37. The van der Waals surface area contributed by atoms with Crippen LogP contribution in [0.1, 0.15) is 27.7 Å². The van der Waals surface area contributed by atoms with Crippen molar-refractivity contribution in [3.8, 4) is 22.3 Å². The molecule has 5 aromatic rings. The van der Waals surface area contributed by atoms with E-state index in [1.807, 2.05) is 27.4 Å². The highest BCUT2D eigenvalue weighted by atomic mass is 16.5. The second kappa shape index (κ2) is 9.00. The van der Waals surface area contributed by atoms with Crippen LogP contribution >= 0.6 is 0 Å². The topological polar surface area (TPSA) is 29.5 Å². The van der Waals surface area contributed by atoms with Crippen LogP contribution in [0.4, 0.5) is 0 Å². The van der Waals surface area contributed by atoms with Gasteiger partial charge in [-0.1, -0.05) is 97.1 Å². The zero-order valence-corrected chi connectivity index (χ0v) is 20.7. The maximum atomic E-state index is 10.6. The highest BCUT2D eigenvalue weighted by molar-refractivity contribution is 6.57. The van der Waals surface area contributed by atoms with Crippen molar-refractivity contribution in [2.75, 3.05) is 0 Å². The Hall–Kier alpha value is -3.40. The minimum atomic E-state index is -0.993. The van der Waals surface area contributed by atoms with E-state index in [9.17, 15) is 5.11 Å². The van der Waals surface area contributed by atoms with Gasteiger partial charge in [0.2, 0.25) is 0 Å². The van der Waals surface area contributed by atoms with Crippen molar-refractivity contribution < 1.29 is 9.76 Å². The molecule has 0 unspecified atom stereocenters. The molecule has 2 nitrogen and oxygen atoms in total. The fourth-order valence-electron chi connectivity index (χ4n) is 4.44. The smallest absolute Gasteiger partial charge is 0.332 e. The predicted molar refractivity (Wildman–Crippen MR) is 149 cm³/mol. The van der Waals surface area contributed by atoms with Crippen molar-refractivity contribution in [3.63, 3.8) is 0 Å². The molecule has 0 fully saturated rings. The first-order chi connectivity index (χ1) is 16.8. The van der Waals surface area contributed by atoms with Gasteiger partial charge in [-0.3, -0.25) is 0 Å². The Bertz CT molecular complexity index is 1440. The zero-order chi connectivity index (χ0) is 24.6. The number of benzene rings is 5. The maximum Gasteiger partial charge on any atom is 0.332 e. The van der Waals surface area contributed by atoms with E-state index in [1.54, 1.807) is 13.8 Å². The van der Waals surface area contributed by atoms with Crippen molar-refractivity contribution in [2.45, 2.75) is 38.9 Å². The molecule has 1 N–H and O–H groups in total. The van der Waals surface area contributed by atoms with Crippen LogP contribution in [0.15, 0.2) is 103 Å². The van der Waals surface area contributed by atoms with E-state index in [-0.39, 0.29) is 0 Å². The van der Waals surface area contributed by atoms with Crippen LogP contribution in [0.2, 0.25) is 0 Å². The van der Waals surface area contributed by atoms with E-state index in [2.05, 4.69) is 97.1 Å². The van der Waals surface area contributed by atoms with E-state index in [4.69, 9.17) is 4.65 Å². The highest BCUT2D eigenvalue weighted by Gasteiger charge is 2.36. The van der Waals surface area contributed by atoms with E-state index >= 15 is 0 Å². The fourth-order valence-corrected chi connectivity index (χ4v) is 4.44. The van der Waals surface area contributed by atoms with Crippen LogP contribution in [0.25, 0.3) is 43.8 Å². The summed E-state index contributed by atoms with van der Waals surface area (Å²) in [5.74, 6) is 0. The number of rotatable bonds is 6. The maximum absolute atomic E-state index is 10.6. The summed E-state index contributed by atoms with van der Waals surface area (Å²) in [4.78, 5) is 0. The Morgan fingerprint density at radius 1 is 0.571 bits per heavy atom. The van der Waals surface area contributed by atoms with E-state index in [0.29, 0.717) is 0 Å². The van der Waals surface area contributed by atoms with Crippen LogP contribution in [-0.2, 0) is 4.65 Å². The van der Waals surface area contributed by atoms with Gasteiger partial charge in [-0.05, 0) is 83.0 Å². The van der Waals surface area contributed by atoms with Crippen molar-refractivity contribution in [1.29, 1.82) is 0 Å². The fraction of sp³-hybridized carbons (Fsp3) is 0.188. The molecule has 0 saturated carbocycles. The minimum Gasteiger partial charge on any atom is -0.427 e. The van der Waals surface area contributed by atoms with Crippen LogP contribution in [0.5, 0.6) is 0 Å². The van der Waals surface area contributed by atoms with E-state index in [1.165, 1.54) is 33.0 Å². The minimum absolute atomic E-state index is 0.752. The molecular formula is C32H30BO2. The lowest BCUT2D eigenvalue weighted by Gasteiger charge is -2.37. The standard InChI is InChI=1S/C32H30BO2/c1-31(2,34)32(3,4)35-33-30-27-19-10-8-17-25(27)29(26-18-9-11-20-28(26)30)24-16-12-15-23(21-24)22-13-6-5-7-14-22/h5-21,34H,1-4H3. The van der Waals surface area contributed by atoms with Crippen LogP contribution in [-0.4, -0.2) is 23.8 Å². The monoisotopic (exact) mass is 457 g/mol. The summed E-state index contributed by atoms with van der Waals surface area (Å²) >= 11 is 0. The molecule has 0 saturated heterocycles. The SMILES string of the molecule is CC(C)(O)C(C)(C)O[B]c1c2ccccc2c(-c2cccc(-c3ccccc3)c2)c2ccccc12. The lowest BCUT2D eigenvalue weighted by Crippen LogP contribution is -2.49. The van der Waals surface area contributed by atoms with Gasteiger partial charge in [0.1, 0.15) is 0 Å². The summed E-state index contributed by atoms with van der Waals surface area (Å²) in [7, 11) is 1.83. The number of aliphatic hydroxyl groups is 1. The molecule has 0 aliphatic carbocycles. The Balaban J connectivity index is 1.72. The third-order valence-corrected chi connectivity index (χ3v) is 7.18. The van der Waals surface area contributed by atoms with Gasteiger partial charge in [0, 0.05) is 0 Å². The van der Waals surface area contributed by atoms with Gasteiger partial charge in [0.15, 0.2) is 0 Å². The Labute approximate surface area is 208 Å². The van der Waals surface area contributed by atoms with Crippen LogP contribution in [0.3, 0.4) is 0 Å². The lowest BCUT2D eigenvalue weighted by molar-refractivity contribution is -0.0892. The van der Waals surface area contributed by atoms with E-state index in [0.717, 1.165) is 16.2 Å². The third kappa shape index (κ3) is 4.38. The molecule has 5 aromatic carbocycles. The number of hydrogen-bond donors (Lipinski definition) is 1. The third-order valence-electron chi connectivity index (χ3n) is 7.18. The molecule has 173 valence electrons. The van der Waals surface area contributed by atoms with Gasteiger partial charge >= 0.3 is 7.48 Å². The van der Waals surface area contributed by atoms with Gasteiger partial charge in [-0.2, -0.15) is 0 Å². The van der Waals surface area contributed by atoms with Gasteiger partial charge in [-0.15, -0.1) is 0 Å². The molecule has 3 heteroatoms. The van der Waals surface area contributed by atoms with Crippen LogP contribution < -0.4 is 5.46 Å². The molecule has 0 heterocycles. The molecule has 0 spiro atoms. The average Bonchev–Trinajstić information content (AvgIpc) is 2.86. The molecule has 0 amide bonds. The zero-order valence-electron chi connectivity index (χ0n) is 20.7. The van der Waals surface area contributed by atoms with Gasteiger partial charge in [0.25, 0.3) is 0 Å². The predicted octanol–water partition coefficient (Wildman–Crippen LogP) is 7.14. The van der Waals surface area contributed by atoms with Crippen molar-refractivity contribution in [1.82, 2.24) is 0 Å². The summed E-state index contributed by atoms with van der Waals surface area (Å²) < 4.78 is 6.24. The Kier molecular flexibility index (Phi) is 6.00. The van der Waals surface area contributed by atoms with Gasteiger partial charge in [-0.25, -0.2) is 0 Å². The molecule has 1 radical (unpaired) electrons. The molecule has 0 aromatic heterocycles. The van der Waals surface area contributed by atoms with Gasteiger partial charge < -0.3 is 9.76 Å². The molecule has 0 aliphatic heterocycles. The number of hydrogen-bond acceptors (Lipinski definition) is 2. The molecular weight excluding hydrogens is 427 g/mol. The first kappa shape index (κ1) is 23.4. The summed E-state index contributed by atoms with van der Waals surface area (Å²) in [5.41, 5.74) is 4.08. The Morgan fingerprint density at radius 3 is 1.63 bits per heavy atom. The molecule has 0 bridgehead atoms. The molecule has 35 heavy (non-hydrogen) atoms. The second-order valence-electron chi connectivity index (χ2n) is 10.1. The number of fused-ring (bicyclic) bond motifs is 2. The van der Waals surface area contributed by atoms with Crippen molar-refractivity contribution in [3.05, 3.63) is 103 Å². The molecule has 0 aliphatic rings. The molecule has 0 atom stereocenters. The molecule has 5 rings (SSSR count). The quantitative estimate of drug-likeness (QED) is 0.217. The van der Waals surface area contributed by atoms with Crippen molar-refractivity contribution >= 4 is 34.5 Å². The normalized spacial score (nSPS) is 12.3. The summed E-state index contributed by atoms with van der Waals surface area (Å²) in [6.07, 6.45) is 0. The second-order valence-corrected chi connectivity index (χ2v) is 10.1. The lowest BCUT2D eigenvalue weighted by atomic mass is 9.75. The average molecular weight is 457 g/mol.